The van der Waals surface area contributed by atoms with Gasteiger partial charge in [0.2, 0.25) is 0 Å². The predicted octanol–water partition coefficient (Wildman–Crippen LogP) is 1.17. The molecule has 0 unspecified atom stereocenters. The lowest BCUT2D eigenvalue weighted by Gasteiger charge is -2.41. The van der Waals surface area contributed by atoms with Crippen molar-refractivity contribution in [3.8, 4) is 0 Å². The molecule has 5 nitrogen and oxygen atoms in total. The number of hydrogen-bond acceptors (Lipinski definition) is 4. The van der Waals surface area contributed by atoms with Crippen LogP contribution in [0.2, 0.25) is 0 Å². The maximum Gasteiger partial charge on any atom is 0.308 e. The van der Waals surface area contributed by atoms with Crippen molar-refractivity contribution in [2.45, 2.75) is 19.3 Å². The van der Waals surface area contributed by atoms with Gasteiger partial charge >= 0.3 is 5.97 Å². The molecule has 3 rings (SSSR count). The highest BCUT2D eigenvalue weighted by Crippen LogP contribution is 2.52. The van der Waals surface area contributed by atoms with Gasteiger partial charge in [-0.1, -0.05) is 6.42 Å². The second-order valence-corrected chi connectivity index (χ2v) is 5.05. The Bertz CT molecular complexity index is 431. The highest BCUT2D eigenvalue weighted by molar-refractivity contribution is 5.73. The van der Waals surface area contributed by atoms with Gasteiger partial charge in [0.15, 0.2) is 0 Å². The lowest BCUT2D eigenvalue weighted by Crippen LogP contribution is -2.40. The van der Waals surface area contributed by atoms with E-state index >= 15 is 0 Å². The zero-order valence-electron chi connectivity index (χ0n) is 9.54. The molecule has 0 aromatic carbocycles. The molecular formula is C12H15N3O2. The molecule has 2 fully saturated rings. The largest absolute Gasteiger partial charge is 0.481 e. The van der Waals surface area contributed by atoms with Crippen molar-refractivity contribution in [3.05, 3.63) is 18.6 Å². The molecule has 0 radical (unpaired) electrons. The summed E-state index contributed by atoms with van der Waals surface area (Å²) in [7, 11) is 0. The van der Waals surface area contributed by atoms with E-state index in [2.05, 4.69) is 14.9 Å². The van der Waals surface area contributed by atoms with Crippen LogP contribution in [0.3, 0.4) is 0 Å². The maximum absolute atomic E-state index is 11.3. The summed E-state index contributed by atoms with van der Waals surface area (Å²) in [6, 6.07) is 0. The van der Waals surface area contributed by atoms with Crippen LogP contribution in [0.5, 0.6) is 0 Å². The summed E-state index contributed by atoms with van der Waals surface area (Å²) in [4.78, 5) is 21.7. The van der Waals surface area contributed by atoms with Crippen LogP contribution >= 0.6 is 0 Å². The second kappa shape index (κ2) is 3.68. The van der Waals surface area contributed by atoms with Crippen molar-refractivity contribution in [2.75, 3.05) is 18.0 Å². The number of anilines is 1. The molecule has 0 amide bonds. The van der Waals surface area contributed by atoms with Crippen molar-refractivity contribution in [2.24, 2.45) is 11.3 Å². The molecule has 17 heavy (non-hydrogen) atoms. The molecule has 1 aliphatic carbocycles. The Kier molecular flexibility index (Phi) is 2.28. The zero-order valence-corrected chi connectivity index (χ0v) is 9.54. The minimum Gasteiger partial charge on any atom is -0.481 e. The highest BCUT2D eigenvalue weighted by Gasteiger charge is 2.53. The van der Waals surface area contributed by atoms with E-state index < -0.39 is 5.97 Å². The van der Waals surface area contributed by atoms with Crippen molar-refractivity contribution < 1.29 is 9.90 Å². The molecule has 1 saturated heterocycles. The zero-order chi connectivity index (χ0) is 11.9. The van der Waals surface area contributed by atoms with E-state index in [0.29, 0.717) is 6.54 Å². The van der Waals surface area contributed by atoms with Crippen molar-refractivity contribution in [1.82, 2.24) is 9.97 Å². The van der Waals surface area contributed by atoms with E-state index in [1.165, 1.54) is 0 Å². The van der Waals surface area contributed by atoms with E-state index in [1.54, 1.807) is 18.6 Å². The standard InChI is InChI=1S/C12H15N3O2/c16-11(17)9-7-15(8-12(9)2-1-3-12)10-6-13-4-5-14-10/h4-6,9H,1-3,7-8H2,(H,16,17)/t9-/m0/s1. The lowest BCUT2D eigenvalue weighted by molar-refractivity contribution is -0.146. The van der Waals surface area contributed by atoms with Crippen LogP contribution < -0.4 is 4.90 Å². The number of hydrogen-bond donors (Lipinski definition) is 1. The molecule has 90 valence electrons. The Morgan fingerprint density at radius 3 is 2.76 bits per heavy atom. The summed E-state index contributed by atoms with van der Waals surface area (Å²) in [6.45, 7) is 1.37. The van der Waals surface area contributed by atoms with E-state index in [9.17, 15) is 9.90 Å². The summed E-state index contributed by atoms with van der Waals surface area (Å²) in [6.07, 6.45) is 8.19. The van der Waals surface area contributed by atoms with Crippen LogP contribution in [0.1, 0.15) is 19.3 Å². The molecule has 2 heterocycles. The van der Waals surface area contributed by atoms with Gasteiger partial charge in [0.05, 0.1) is 12.1 Å². The minimum absolute atomic E-state index is 0.0106. The van der Waals surface area contributed by atoms with Gasteiger partial charge in [-0.3, -0.25) is 9.78 Å². The molecule has 1 N–H and O–H groups in total. The Balaban J connectivity index is 1.85. The van der Waals surface area contributed by atoms with Gasteiger partial charge in [-0.2, -0.15) is 0 Å². The Hall–Kier alpha value is -1.65. The third-order valence-electron chi connectivity index (χ3n) is 4.17. The minimum atomic E-state index is -0.670. The van der Waals surface area contributed by atoms with Crippen LogP contribution in [0, 0.1) is 11.3 Å². The quantitative estimate of drug-likeness (QED) is 0.830. The molecule has 1 aromatic rings. The Morgan fingerprint density at radius 2 is 2.29 bits per heavy atom. The smallest absolute Gasteiger partial charge is 0.308 e. The van der Waals surface area contributed by atoms with E-state index in [4.69, 9.17) is 0 Å². The number of carboxylic acid groups (broad SMARTS) is 1. The van der Waals surface area contributed by atoms with Crippen LogP contribution in [0.25, 0.3) is 0 Å². The topological polar surface area (TPSA) is 66.3 Å². The van der Waals surface area contributed by atoms with Gasteiger partial charge in [0.25, 0.3) is 0 Å². The third kappa shape index (κ3) is 1.57. The fourth-order valence-corrected chi connectivity index (χ4v) is 3.08. The maximum atomic E-state index is 11.3. The van der Waals surface area contributed by atoms with Crippen LogP contribution in [-0.4, -0.2) is 34.1 Å². The molecule has 1 aliphatic heterocycles. The van der Waals surface area contributed by atoms with Crippen molar-refractivity contribution in [3.63, 3.8) is 0 Å². The second-order valence-electron chi connectivity index (χ2n) is 5.05. The summed E-state index contributed by atoms with van der Waals surface area (Å²) >= 11 is 0. The number of aromatic nitrogens is 2. The Labute approximate surface area is 99.5 Å². The molecule has 1 saturated carbocycles. The van der Waals surface area contributed by atoms with Gasteiger partial charge in [0.1, 0.15) is 5.82 Å². The Morgan fingerprint density at radius 1 is 1.47 bits per heavy atom. The first-order valence-corrected chi connectivity index (χ1v) is 5.95. The molecular weight excluding hydrogens is 218 g/mol. The van der Waals surface area contributed by atoms with Gasteiger partial charge < -0.3 is 10.0 Å². The normalized spacial score (nSPS) is 25.9. The fourth-order valence-electron chi connectivity index (χ4n) is 3.08. The first-order chi connectivity index (χ1) is 8.21. The average molecular weight is 233 g/mol. The van der Waals surface area contributed by atoms with Gasteiger partial charge in [0, 0.05) is 30.9 Å². The van der Waals surface area contributed by atoms with Gasteiger partial charge in [-0.05, 0) is 12.8 Å². The van der Waals surface area contributed by atoms with Crippen LogP contribution in [-0.2, 0) is 4.79 Å². The summed E-state index contributed by atoms with van der Waals surface area (Å²) in [5, 5.41) is 9.32. The average Bonchev–Trinajstić information content (AvgIpc) is 2.70. The molecule has 1 spiro atoms. The van der Waals surface area contributed by atoms with Crippen molar-refractivity contribution >= 4 is 11.8 Å². The van der Waals surface area contributed by atoms with Crippen LogP contribution in [0.4, 0.5) is 5.82 Å². The van der Waals surface area contributed by atoms with Crippen LogP contribution in [0.15, 0.2) is 18.6 Å². The first-order valence-electron chi connectivity index (χ1n) is 5.95. The summed E-state index contributed by atoms with van der Waals surface area (Å²) < 4.78 is 0. The molecule has 1 aromatic heterocycles. The number of carbonyl (C=O) groups is 1. The number of carboxylic acids is 1. The number of aliphatic carboxylic acids is 1. The van der Waals surface area contributed by atoms with E-state index in [0.717, 1.165) is 31.6 Å². The lowest BCUT2D eigenvalue weighted by atomic mass is 9.63. The van der Waals surface area contributed by atoms with Gasteiger partial charge in [-0.25, -0.2) is 4.98 Å². The third-order valence-corrected chi connectivity index (χ3v) is 4.17. The fraction of sp³-hybridized carbons (Fsp3) is 0.583. The van der Waals surface area contributed by atoms with E-state index in [1.807, 2.05) is 0 Å². The highest BCUT2D eigenvalue weighted by atomic mass is 16.4. The monoisotopic (exact) mass is 233 g/mol. The SMILES string of the molecule is O=C(O)[C@@H]1CN(c2cnccn2)CC12CCC2. The molecule has 1 atom stereocenters. The molecule has 0 bridgehead atoms. The van der Waals surface area contributed by atoms with Gasteiger partial charge in [-0.15, -0.1) is 0 Å². The molecule has 2 aliphatic rings. The first kappa shape index (κ1) is 10.5. The molecule has 5 heteroatoms. The van der Waals surface area contributed by atoms with Crippen molar-refractivity contribution in [1.29, 1.82) is 0 Å². The van der Waals surface area contributed by atoms with E-state index in [-0.39, 0.29) is 11.3 Å². The predicted molar refractivity (Wildman–Crippen MR) is 61.7 cm³/mol. The summed E-state index contributed by atoms with van der Waals surface area (Å²) in [5.74, 6) is -0.128. The summed E-state index contributed by atoms with van der Waals surface area (Å²) in [5.41, 5.74) is -0.0106. The number of nitrogens with zero attached hydrogens (tertiary/aromatic N) is 3. The number of rotatable bonds is 2.